The zero-order valence-electron chi connectivity index (χ0n) is 11.7. The number of ketones is 1. The lowest BCUT2D eigenvalue weighted by molar-refractivity contribution is 0.102. The Morgan fingerprint density at radius 1 is 1.52 bits per heavy atom. The largest absolute Gasteiger partial charge is 0.396 e. The van der Waals surface area contributed by atoms with Gasteiger partial charge in [-0.1, -0.05) is 12.1 Å². The molecule has 108 valence electrons. The van der Waals surface area contributed by atoms with Gasteiger partial charge in [-0.05, 0) is 17.7 Å². The van der Waals surface area contributed by atoms with Crippen molar-refractivity contribution in [1.82, 2.24) is 0 Å². The Balaban J connectivity index is 2.35. The fourth-order valence-electron chi connectivity index (χ4n) is 2.05. The molecule has 0 aliphatic carbocycles. The standard InChI is InChI=1S/C15H14FN3OS/c1-9(20)14-13(18)12(7-17)15(21-14)19(2)8-10-4-3-5-11(16)6-10/h3-6H,8,18H2,1-2H3. The van der Waals surface area contributed by atoms with Crippen molar-refractivity contribution in [3.05, 3.63) is 46.1 Å². The van der Waals surface area contributed by atoms with Crippen LogP contribution < -0.4 is 10.6 Å². The van der Waals surface area contributed by atoms with Crippen molar-refractivity contribution in [3.63, 3.8) is 0 Å². The number of carbonyl (C=O) groups excluding carboxylic acids is 1. The predicted octanol–water partition coefficient (Wildman–Crippen LogP) is 3.18. The minimum absolute atomic E-state index is 0.167. The highest BCUT2D eigenvalue weighted by atomic mass is 32.1. The Bertz CT molecular complexity index is 733. The second-order valence-electron chi connectivity index (χ2n) is 4.68. The number of nitrogens with two attached hydrogens (primary N) is 1. The number of Topliss-reactive ketones (excluding diaryl/α,β-unsaturated/α-hetero) is 1. The molecule has 1 aromatic heterocycles. The van der Waals surface area contributed by atoms with Gasteiger partial charge in [0.15, 0.2) is 5.78 Å². The summed E-state index contributed by atoms with van der Waals surface area (Å²) < 4.78 is 13.2. The molecular formula is C15H14FN3OS. The summed E-state index contributed by atoms with van der Waals surface area (Å²) in [6.07, 6.45) is 0. The first kappa shape index (κ1) is 15.0. The van der Waals surface area contributed by atoms with E-state index in [0.717, 1.165) is 5.56 Å². The van der Waals surface area contributed by atoms with E-state index in [-0.39, 0.29) is 17.3 Å². The average molecular weight is 303 g/mol. The normalized spacial score (nSPS) is 10.2. The molecule has 2 rings (SSSR count). The van der Waals surface area contributed by atoms with Crippen LogP contribution in [0.5, 0.6) is 0 Å². The van der Waals surface area contributed by atoms with Crippen LogP contribution in [0.1, 0.15) is 27.7 Å². The first-order valence-corrected chi connectivity index (χ1v) is 7.04. The Morgan fingerprint density at radius 3 is 2.81 bits per heavy atom. The fourth-order valence-corrected chi connectivity index (χ4v) is 3.08. The lowest BCUT2D eigenvalue weighted by atomic mass is 10.2. The quantitative estimate of drug-likeness (QED) is 0.881. The van der Waals surface area contributed by atoms with E-state index in [9.17, 15) is 14.4 Å². The smallest absolute Gasteiger partial charge is 0.171 e. The number of nitriles is 1. The molecule has 0 aliphatic heterocycles. The fraction of sp³-hybridized carbons (Fsp3) is 0.200. The number of rotatable bonds is 4. The molecule has 0 fully saturated rings. The molecular weight excluding hydrogens is 289 g/mol. The van der Waals surface area contributed by atoms with Gasteiger partial charge in [0.1, 0.15) is 22.5 Å². The third kappa shape index (κ3) is 3.03. The van der Waals surface area contributed by atoms with Gasteiger partial charge in [0.25, 0.3) is 0 Å². The number of nitrogens with zero attached hydrogens (tertiary/aromatic N) is 2. The van der Waals surface area contributed by atoms with Crippen LogP contribution in [0.15, 0.2) is 24.3 Å². The van der Waals surface area contributed by atoms with Crippen molar-refractivity contribution in [1.29, 1.82) is 5.26 Å². The zero-order valence-corrected chi connectivity index (χ0v) is 12.5. The lowest BCUT2D eigenvalue weighted by Crippen LogP contribution is -2.16. The molecule has 0 radical (unpaired) electrons. The van der Waals surface area contributed by atoms with E-state index in [4.69, 9.17) is 5.73 Å². The second-order valence-corrected chi connectivity index (χ2v) is 5.68. The van der Waals surface area contributed by atoms with Crippen molar-refractivity contribution in [2.24, 2.45) is 0 Å². The molecule has 2 N–H and O–H groups in total. The maximum atomic E-state index is 13.2. The first-order chi connectivity index (χ1) is 9.93. The van der Waals surface area contributed by atoms with Gasteiger partial charge in [-0.15, -0.1) is 11.3 Å². The summed E-state index contributed by atoms with van der Waals surface area (Å²) in [5.74, 6) is -0.476. The molecule has 0 unspecified atom stereocenters. The Kier molecular flexibility index (Phi) is 4.24. The van der Waals surface area contributed by atoms with E-state index in [0.29, 0.717) is 22.0 Å². The van der Waals surface area contributed by atoms with Crippen molar-refractivity contribution in [3.8, 4) is 6.07 Å². The van der Waals surface area contributed by atoms with E-state index in [2.05, 4.69) is 0 Å². The minimum atomic E-state index is -0.309. The van der Waals surface area contributed by atoms with Crippen LogP contribution in [0.4, 0.5) is 15.1 Å². The van der Waals surface area contributed by atoms with E-state index in [1.54, 1.807) is 24.1 Å². The van der Waals surface area contributed by atoms with Crippen molar-refractivity contribution >= 4 is 27.8 Å². The lowest BCUT2D eigenvalue weighted by Gasteiger charge is -2.17. The Labute approximate surface area is 126 Å². The number of nitrogen functional groups attached to an aromatic ring is 1. The molecule has 0 saturated heterocycles. The highest BCUT2D eigenvalue weighted by molar-refractivity contribution is 7.19. The number of hydrogen-bond donors (Lipinski definition) is 1. The maximum Gasteiger partial charge on any atom is 0.171 e. The molecule has 1 aromatic carbocycles. The third-order valence-corrected chi connectivity index (χ3v) is 4.43. The van der Waals surface area contributed by atoms with Crippen molar-refractivity contribution < 1.29 is 9.18 Å². The summed E-state index contributed by atoms with van der Waals surface area (Å²) >= 11 is 1.19. The second kappa shape index (κ2) is 5.94. The summed E-state index contributed by atoms with van der Waals surface area (Å²) in [4.78, 5) is 13.7. The molecule has 21 heavy (non-hydrogen) atoms. The number of thiophene rings is 1. The minimum Gasteiger partial charge on any atom is -0.396 e. The molecule has 0 saturated carbocycles. The van der Waals surface area contributed by atoms with Gasteiger partial charge in [0, 0.05) is 20.5 Å². The number of halogens is 1. The zero-order chi connectivity index (χ0) is 15.6. The summed E-state index contributed by atoms with van der Waals surface area (Å²) in [5.41, 5.74) is 7.14. The first-order valence-electron chi connectivity index (χ1n) is 6.23. The van der Waals surface area contributed by atoms with Gasteiger partial charge < -0.3 is 10.6 Å². The number of carbonyl (C=O) groups is 1. The van der Waals surface area contributed by atoms with Crippen LogP contribution in [0.3, 0.4) is 0 Å². The third-order valence-electron chi connectivity index (χ3n) is 3.01. The molecule has 0 atom stereocenters. The summed E-state index contributed by atoms with van der Waals surface area (Å²) in [7, 11) is 1.78. The van der Waals surface area contributed by atoms with Crippen LogP contribution in [0.2, 0.25) is 0 Å². The predicted molar refractivity (Wildman–Crippen MR) is 82.0 cm³/mol. The van der Waals surface area contributed by atoms with E-state index in [1.165, 1.54) is 30.4 Å². The van der Waals surface area contributed by atoms with Gasteiger partial charge >= 0.3 is 0 Å². The van der Waals surface area contributed by atoms with Crippen LogP contribution in [-0.4, -0.2) is 12.8 Å². The van der Waals surface area contributed by atoms with Crippen LogP contribution in [0, 0.1) is 17.1 Å². The topological polar surface area (TPSA) is 70.1 Å². The summed E-state index contributed by atoms with van der Waals surface area (Å²) in [6, 6.07) is 8.28. The van der Waals surface area contributed by atoms with Crippen LogP contribution >= 0.6 is 11.3 Å². The van der Waals surface area contributed by atoms with E-state index >= 15 is 0 Å². The van der Waals surface area contributed by atoms with Crippen LogP contribution in [-0.2, 0) is 6.54 Å². The maximum absolute atomic E-state index is 13.2. The van der Waals surface area contributed by atoms with E-state index < -0.39 is 0 Å². The average Bonchev–Trinajstić information content (AvgIpc) is 2.75. The van der Waals surface area contributed by atoms with Crippen molar-refractivity contribution in [2.75, 3.05) is 17.7 Å². The Hall–Kier alpha value is -2.39. The molecule has 0 bridgehead atoms. The Morgan fingerprint density at radius 2 is 2.24 bits per heavy atom. The number of anilines is 2. The SMILES string of the molecule is CC(=O)c1sc(N(C)Cc2cccc(F)c2)c(C#N)c1N. The van der Waals surface area contributed by atoms with Gasteiger partial charge in [-0.3, -0.25) is 4.79 Å². The molecule has 4 nitrogen and oxygen atoms in total. The van der Waals surface area contributed by atoms with Crippen molar-refractivity contribution in [2.45, 2.75) is 13.5 Å². The van der Waals surface area contributed by atoms with E-state index in [1.807, 2.05) is 6.07 Å². The highest BCUT2D eigenvalue weighted by Crippen LogP contribution is 2.38. The molecule has 1 heterocycles. The number of benzene rings is 1. The highest BCUT2D eigenvalue weighted by Gasteiger charge is 2.21. The molecule has 6 heteroatoms. The van der Waals surface area contributed by atoms with Gasteiger partial charge in [-0.2, -0.15) is 5.26 Å². The summed E-state index contributed by atoms with van der Waals surface area (Å²) in [6.45, 7) is 1.84. The van der Waals surface area contributed by atoms with Gasteiger partial charge in [-0.25, -0.2) is 4.39 Å². The van der Waals surface area contributed by atoms with Crippen LogP contribution in [0.25, 0.3) is 0 Å². The molecule has 0 amide bonds. The molecule has 0 aliphatic rings. The molecule has 2 aromatic rings. The molecule has 0 spiro atoms. The van der Waals surface area contributed by atoms with Gasteiger partial charge in [0.2, 0.25) is 0 Å². The van der Waals surface area contributed by atoms with Gasteiger partial charge in [0.05, 0.1) is 10.6 Å². The monoisotopic (exact) mass is 303 g/mol. The number of hydrogen-bond acceptors (Lipinski definition) is 5. The summed E-state index contributed by atoms with van der Waals surface area (Å²) in [5, 5.41) is 9.85.